The van der Waals surface area contributed by atoms with Gasteiger partial charge in [-0.1, -0.05) is 18.7 Å². The summed E-state index contributed by atoms with van der Waals surface area (Å²) in [5, 5.41) is 3.35. The maximum atomic E-state index is 13.1. The number of nitrogens with zero attached hydrogens (tertiary/aromatic N) is 1. The van der Waals surface area contributed by atoms with Gasteiger partial charge in [-0.3, -0.25) is 4.79 Å². The molecule has 37 heavy (non-hydrogen) atoms. The highest BCUT2D eigenvalue weighted by molar-refractivity contribution is 8.00. The van der Waals surface area contributed by atoms with Gasteiger partial charge in [-0.15, -0.1) is 0 Å². The van der Waals surface area contributed by atoms with Gasteiger partial charge in [-0.25, -0.2) is 4.98 Å². The van der Waals surface area contributed by atoms with Gasteiger partial charge >= 0.3 is 0 Å². The van der Waals surface area contributed by atoms with E-state index in [1.807, 2.05) is 86.6 Å². The fourth-order valence-electron chi connectivity index (χ4n) is 3.81. The first kappa shape index (κ1) is 26.2. The smallest absolute Gasteiger partial charge is 0.237 e. The number of aromatic nitrogens is 2. The Kier molecular flexibility index (Phi) is 8.74. The maximum Gasteiger partial charge on any atom is 0.237 e. The summed E-state index contributed by atoms with van der Waals surface area (Å²) in [5.41, 5.74) is 4.32. The average molecular weight is 518 g/mol. The zero-order valence-electron chi connectivity index (χ0n) is 21.4. The van der Waals surface area contributed by atoms with Crippen LogP contribution in [0.4, 0.5) is 5.69 Å². The van der Waals surface area contributed by atoms with Crippen LogP contribution in [0.5, 0.6) is 17.2 Å². The van der Waals surface area contributed by atoms with Crippen LogP contribution in [-0.4, -0.2) is 42.0 Å². The highest BCUT2D eigenvalue weighted by Crippen LogP contribution is 2.36. The number of benzene rings is 3. The van der Waals surface area contributed by atoms with Gasteiger partial charge in [-0.05, 0) is 86.1 Å². The first-order chi connectivity index (χ1) is 18.0. The Bertz CT molecular complexity index is 1240. The van der Waals surface area contributed by atoms with Gasteiger partial charge in [0.05, 0.1) is 37.5 Å². The van der Waals surface area contributed by atoms with Crippen LogP contribution in [-0.2, 0) is 4.79 Å². The second-order valence-corrected chi connectivity index (χ2v) is 9.38. The van der Waals surface area contributed by atoms with E-state index >= 15 is 0 Å². The zero-order chi connectivity index (χ0) is 26.2. The molecule has 0 fully saturated rings. The number of H-pyrrole nitrogens is 1. The normalized spacial score (nSPS) is 11.6. The van der Waals surface area contributed by atoms with Crippen LogP contribution in [0.2, 0.25) is 0 Å². The number of aromatic amines is 1. The van der Waals surface area contributed by atoms with Crippen LogP contribution in [0.15, 0.2) is 78.0 Å². The van der Waals surface area contributed by atoms with Crippen LogP contribution >= 0.6 is 11.8 Å². The minimum atomic E-state index is -0.329. The zero-order valence-corrected chi connectivity index (χ0v) is 22.2. The van der Waals surface area contributed by atoms with E-state index in [1.165, 1.54) is 11.8 Å². The van der Waals surface area contributed by atoms with E-state index in [9.17, 15) is 4.79 Å². The summed E-state index contributed by atoms with van der Waals surface area (Å²) in [6.07, 6.45) is 0.643. The summed E-state index contributed by atoms with van der Waals surface area (Å²) in [6, 6.07) is 23.0. The molecule has 0 radical (unpaired) electrons. The Hall–Kier alpha value is -3.91. The van der Waals surface area contributed by atoms with Crippen molar-refractivity contribution in [3.05, 3.63) is 72.8 Å². The molecule has 192 valence electrons. The first-order valence-corrected chi connectivity index (χ1v) is 13.0. The molecule has 4 rings (SSSR count). The van der Waals surface area contributed by atoms with Crippen molar-refractivity contribution < 1.29 is 19.0 Å². The summed E-state index contributed by atoms with van der Waals surface area (Å²) >= 11 is 1.41. The number of carbonyl (C=O) groups is 1. The molecule has 8 heteroatoms. The average Bonchev–Trinajstić information content (AvgIpc) is 3.37. The number of methoxy groups -OCH3 is 2. The highest BCUT2D eigenvalue weighted by atomic mass is 32.2. The van der Waals surface area contributed by atoms with Gasteiger partial charge in [0, 0.05) is 16.8 Å². The van der Waals surface area contributed by atoms with Gasteiger partial charge in [0.15, 0.2) is 5.16 Å². The lowest BCUT2D eigenvalue weighted by molar-refractivity contribution is -0.115. The molecular weight excluding hydrogens is 486 g/mol. The summed E-state index contributed by atoms with van der Waals surface area (Å²) in [7, 11) is 3.29. The van der Waals surface area contributed by atoms with Gasteiger partial charge in [0.1, 0.15) is 17.2 Å². The molecule has 2 N–H and O–H groups in total. The fourth-order valence-corrected chi connectivity index (χ4v) is 4.72. The topological polar surface area (TPSA) is 85.5 Å². The number of anilines is 1. The predicted molar refractivity (Wildman–Crippen MR) is 149 cm³/mol. The van der Waals surface area contributed by atoms with E-state index in [1.54, 1.807) is 14.2 Å². The Balaban J connectivity index is 1.59. The van der Waals surface area contributed by atoms with Crippen LogP contribution in [0.3, 0.4) is 0 Å². The van der Waals surface area contributed by atoms with Crippen molar-refractivity contribution >= 4 is 23.4 Å². The molecule has 3 aromatic carbocycles. The van der Waals surface area contributed by atoms with Gasteiger partial charge in [0.2, 0.25) is 5.91 Å². The Labute approximate surface area is 221 Å². The van der Waals surface area contributed by atoms with Gasteiger partial charge in [0.25, 0.3) is 0 Å². The predicted octanol–water partition coefficient (Wildman–Crippen LogP) is 6.67. The van der Waals surface area contributed by atoms with Crippen LogP contribution < -0.4 is 19.5 Å². The Morgan fingerprint density at radius 2 is 1.43 bits per heavy atom. The van der Waals surface area contributed by atoms with E-state index in [0.717, 1.165) is 45.5 Å². The van der Waals surface area contributed by atoms with Crippen molar-refractivity contribution in [2.45, 2.75) is 30.7 Å². The Morgan fingerprint density at radius 3 is 1.97 bits per heavy atom. The van der Waals surface area contributed by atoms with E-state index in [4.69, 9.17) is 19.2 Å². The molecular formula is C29H31N3O4S. The summed E-state index contributed by atoms with van der Waals surface area (Å²) in [4.78, 5) is 21.5. The second-order valence-electron chi connectivity index (χ2n) is 8.18. The van der Waals surface area contributed by atoms with Crippen molar-refractivity contribution in [1.82, 2.24) is 9.97 Å². The third-order valence-corrected chi connectivity index (χ3v) is 7.02. The molecule has 1 heterocycles. The summed E-state index contributed by atoms with van der Waals surface area (Å²) in [5.74, 6) is 2.25. The van der Waals surface area contributed by atoms with E-state index in [-0.39, 0.29) is 11.2 Å². The molecule has 1 amide bonds. The Morgan fingerprint density at radius 1 is 0.865 bits per heavy atom. The van der Waals surface area contributed by atoms with Gasteiger partial charge in [-0.2, -0.15) is 0 Å². The number of imidazole rings is 1. The number of thioether (sulfide) groups is 1. The summed E-state index contributed by atoms with van der Waals surface area (Å²) < 4.78 is 16.1. The van der Waals surface area contributed by atoms with E-state index < -0.39 is 0 Å². The molecule has 7 nitrogen and oxygen atoms in total. The molecule has 0 spiro atoms. The molecule has 1 unspecified atom stereocenters. The molecule has 0 saturated heterocycles. The molecule has 1 atom stereocenters. The van der Waals surface area contributed by atoms with Crippen LogP contribution in [0.1, 0.15) is 20.3 Å². The van der Waals surface area contributed by atoms with Crippen molar-refractivity contribution in [2.75, 3.05) is 26.1 Å². The molecule has 0 aliphatic rings. The monoisotopic (exact) mass is 517 g/mol. The number of ether oxygens (including phenoxy) is 3. The largest absolute Gasteiger partial charge is 0.497 e. The quantitative estimate of drug-likeness (QED) is 0.216. The molecule has 4 aromatic rings. The number of hydrogen-bond donors (Lipinski definition) is 2. The fraction of sp³-hybridized carbons (Fsp3) is 0.241. The molecule has 0 saturated carbocycles. The van der Waals surface area contributed by atoms with Crippen molar-refractivity contribution in [3.8, 4) is 39.8 Å². The number of nitrogens with one attached hydrogen (secondary N) is 2. The second kappa shape index (κ2) is 12.4. The summed E-state index contributed by atoms with van der Waals surface area (Å²) in [6.45, 7) is 4.53. The van der Waals surface area contributed by atoms with Gasteiger partial charge < -0.3 is 24.5 Å². The third kappa shape index (κ3) is 6.46. The lowest BCUT2D eigenvalue weighted by Crippen LogP contribution is -2.24. The molecule has 1 aromatic heterocycles. The number of amides is 1. The highest BCUT2D eigenvalue weighted by Gasteiger charge is 2.22. The van der Waals surface area contributed by atoms with Crippen LogP contribution in [0, 0.1) is 0 Å². The minimum Gasteiger partial charge on any atom is -0.497 e. The van der Waals surface area contributed by atoms with Crippen molar-refractivity contribution in [1.29, 1.82) is 0 Å². The van der Waals surface area contributed by atoms with E-state index in [0.29, 0.717) is 18.2 Å². The molecule has 0 aliphatic carbocycles. The molecule has 0 bridgehead atoms. The SMILES string of the molecule is CCOc1ccc(NC(=O)C(CC)Sc2nc(-c3ccc(OC)cc3)c(-c3ccc(OC)cc3)[nH]2)cc1. The van der Waals surface area contributed by atoms with Crippen molar-refractivity contribution in [2.24, 2.45) is 0 Å². The number of rotatable bonds is 11. The van der Waals surface area contributed by atoms with Crippen LogP contribution in [0.25, 0.3) is 22.5 Å². The maximum absolute atomic E-state index is 13.1. The lowest BCUT2D eigenvalue weighted by Gasteiger charge is -2.13. The number of hydrogen-bond acceptors (Lipinski definition) is 6. The standard InChI is InChI=1S/C29H31N3O4S/c1-5-25(28(33)30-21-11-17-24(18-12-21)36-6-2)37-29-31-26(19-7-13-22(34-3)14-8-19)27(32-29)20-9-15-23(35-4)16-10-20/h7-18,25H,5-6H2,1-4H3,(H,30,33)(H,31,32). The third-order valence-electron chi connectivity index (χ3n) is 5.77. The number of carbonyl (C=O) groups excluding carboxylic acids is 1. The lowest BCUT2D eigenvalue weighted by atomic mass is 10.0. The minimum absolute atomic E-state index is 0.0787. The first-order valence-electron chi connectivity index (χ1n) is 12.1. The van der Waals surface area contributed by atoms with E-state index in [2.05, 4.69) is 10.3 Å². The molecule has 0 aliphatic heterocycles. The van der Waals surface area contributed by atoms with Crippen molar-refractivity contribution in [3.63, 3.8) is 0 Å².